The first-order chi connectivity index (χ1) is 14.4. The minimum absolute atomic E-state index is 0.00268. The van der Waals surface area contributed by atoms with Crippen LogP contribution in [0.15, 0.2) is 48.5 Å². The van der Waals surface area contributed by atoms with E-state index in [2.05, 4.69) is 15.8 Å². The minimum atomic E-state index is -0.235. The monoisotopic (exact) mass is 436 g/mol. The third-order valence-corrected chi connectivity index (χ3v) is 5.79. The van der Waals surface area contributed by atoms with Crippen LogP contribution in [0.2, 0.25) is 0 Å². The second kappa shape index (κ2) is 9.57. The molecule has 0 atom stereocenters. The van der Waals surface area contributed by atoms with E-state index in [1.165, 1.54) is 30.2 Å². The first kappa shape index (κ1) is 21.6. The molecule has 0 spiro atoms. The minimum Gasteiger partial charge on any atom is -0.313 e. The summed E-state index contributed by atoms with van der Waals surface area (Å²) < 4.78 is 2.71. The number of carbonyl (C=O) groups excluding carboxylic acids is 2. The molecule has 0 aliphatic heterocycles. The summed E-state index contributed by atoms with van der Waals surface area (Å²) in [6, 6.07) is 16.8. The van der Waals surface area contributed by atoms with Crippen molar-refractivity contribution in [3.63, 3.8) is 0 Å². The lowest BCUT2D eigenvalue weighted by Gasteiger charge is -2.22. The number of rotatable bonds is 7. The van der Waals surface area contributed by atoms with Crippen LogP contribution in [0.3, 0.4) is 0 Å². The molecule has 1 amide bonds. The molecule has 30 heavy (non-hydrogen) atoms. The zero-order valence-corrected chi connectivity index (χ0v) is 18.4. The second-order valence-electron chi connectivity index (χ2n) is 6.54. The van der Waals surface area contributed by atoms with Crippen molar-refractivity contribution >= 4 is 45.8 Å². The van der Waals surface area contributed by atoms with E-state index in [9.17, 15) is 9.59 Å². The highest BCUT2D eigenvalue weighted by Gasteiger charge is 2.20. The Labute approximate surface area is 183 Å². The highest BCUT2D eigenvalue weighted by atomic mass is 32.2. The van der Waals surface area contributed by atoms with Crippen molar-refractivity contribution in [2.75, 3.05) is 11.2 Å². The number of benzene rings is 2. The summed E-state index contributed by atoms with van der Waals surface area (Å²) in [5.74, 6) is -0.233. The van der Waals surface area contributed by atoms with Gasteiger partial charge in [-0.3, -0.25) is 14.3 Å². The van der Waals surface area contributed by atoms with Crippen molar-refractivity contribution in [2.24, 2.45) is 0 Å². The van der Waals surface area contributed by atoms with Crippen molar-refractivity contribution < 1.29 is 9.59 Å². The number of nitrogens with zero attached hydrogens (tertiary/aromatic N) is 3. The average molecular weight is 437 g/mol. The summed E-state index contributed by atoms with van der Waals surface area (Å²) >= 11 is 2.65. The zero-order valence-electron chi connectivity index (χ0n) is 16.8. The lowest BCUT2D eigenvalue weighted by Crippen LogP contribution is -2.19. The number of carbonyl (C=O) groups is 2. The number of thiazole rings is 1. The molecule has 1 aromatic heterocycles. The van der Waals surface area contributed by atoms with Gasteiger partial charge >= 0.3 is 0 Å². The van der Waals surface area contributed by atoms with Crippen LogP contribution in [0.1, 0.15) is 43.8 Å². The van der Waals surface area contributed by atoms with Crippen molar-refractivity contribution in [1.29, 1.82) is 5.26 Å². The summed E-state index contributed by atoms with van der Waals surface area (Å²) in [6.45, 7) is 3.87. The number of amides is 1. The highest BCUT2D eigenvalue weighted by molar-refractivity contribution is 7.97. The fourth-order valence-corrected chi connectivity index (χ4v) is 4.11. The smallest absolute Gasteiger partial charge is 0.280 e. The van der Waals surface area contributed by atoms with Gasteiger partial charge in [-0.15, -0.1) is 11.3 Å². The molecule has 1 heterocycles. The maximum atomic E-state index is 12.3. The van der Waals surface area contributed by atoms with Gasteiger partial charge < -0.3 is 4.90 Å². The molecular formula is C22H20N4O2S2. The number of ketones is 1. The Bertz CT molecular complexity index is 1120. The predicted octanol–water partition coefficient (Wildman–Crippen LogP) is 4.87. The summed E-state index contributed by atoms with van der Waals surface area (Å²) in [5.41, 5.74) is 3.37. The van der Waals surface area contributed by atoms with Gasteiger partial charge in [0.2, 0.25) is 0 Å². The van der Waals surface area contributed by atoms with Gasteiger partial charge in [0.15, 0.2) is 10.9 Å². The van der Waals surface area contributed by atoms with Gasteiger partial charge in [0.1, 0.15) is 5.69 Å². The molecule has 0 fully saturated rings. The van der Waals surface area contributed by atoms with Crippen molar-refractivity contribution in [2.45, 2.75) is 20.4 Å². The normalized spacial score (nSPS) is 10.3. The van der Waals surface area contributed by atoms with E-state index in [-0.39, 0.29) is 11.7 Å². The number of nitrogens with one attached hydrogen (secondary N) is 1. The maximum absolute atomic E-state index is 12.3. The lowest BCUT2D eigenvalue weighted by molar-refractivity contribution is 0.0978. The number of aromatic nitrogens is 1. The van der Waals surface area contributed by atoms with E-state index in [1.54, 1.807) is 24.5 Å². The quantitative estimate of drug-likeness (QED) is 0.420. The molecule has 152 valence electrons. The van der Waals surface area contributed by atoms with E-state index < -0.39 is 0 Å². The number of hydrogen-bond donors (Lipinski definition) is 1. The van der Waals surface area contributed by atoms with Crippen LogP contribution in [0, 0.1) is 18.3 Å². The van der Waals surface area contributed by atoms with Gasteiger partial charge in [-0.1, -0.05) is 30.1 Å². The van der Waals surface area contributed by atoms with Gasteiger partial charge in [-0.2, -0.15) is 5.26 Å². The van der Waals surface area contributed by atoms with Crippen LogP contribution in [-0.2, 0) is 6.54 Å². The molecule has 8 heteroatoms. The predicted molar refractivity (Wildman–Crippen MR) is 121 cm³/mol. The van der Waals surface area contributed by atoms with Gasteiger partial charge in [0.05, 0.1) is 18.2 Å². The Hall–Kier alpha value is -3.15. The van der Waals surface area contributed by atoms with Crippen molar-refractivity contribution in [3.05, 3.63) is 75.8 Å². The molecule has 3 aromatic rings. The maximum Gasteiger partial charge on any atom is 0.280 e. The van der Waals surface area contributed by atoms with E-state index in [1.807, 2.05) is 42.2 Å². The number of nitriles is 1. The summed E-state index contributed by atoms with van der Waals surface area (Å²) in [6.07, 6.45) is 1.78. The molecule has 3 rings (SSSR count). The molecule has 0 aliphatic rings. The first-order valence-electron chi connectivity index (χ1n) is 9.11. The van der Waals surface area contributed by atoms with Crippen LogP contribution in [0.4, 0.5) is 10.8 Å². The van der Waals surface area contributed by atoms with Gasteiger partial charge in [0, 0.05) is 22.4 Å². The molecule has 0 unspecified atom stereocenters. The zero-order chi connectivity index (χ0) is 21.7. The van der Waals surface area contributed by atoms with E-state index in [0.29, 0.717) is 28.5 Å². The van der Waals surface area contributed by atoms with Crippen LogP contribution in [-0.4, -0.2) is 22.9 Å². The van der Waals surface area contributed by atoms with Crippen molar-refractivity contribution in [1.82, 2.24) is 9.71 Å². The third-order valence-electron chi connectivity index (χ3n) is 4.41. The van der Waals surface area contributed by atoms with Crippen LogP contribution in [0.5, 0.6) is 0 Å². The fraction of sp³-hybridized carbons (Fsp3) is 0.182. The molecule has 0 bridgehead atoms. The Balaban J connectivity index is 2.03. The molecule has 0 radical (unpaired) electrons. The number of aryl methyl sites for hydroxylation is 1. The van der Waals surface area contributed by atoms with Gasteiger partial charge in [-0.05, 0) is 49.7 Å². The van der Waals surface area contributed by atoms with E-state index in [4.69, 9.17) is 5.26 Å². The standard InChI is InChI=1S/C22H20N4O2S2/c1-14(27)18-6-4-5-17(11-18)13-26(19-9-7-16(12-23)8-10-19)22-24-20(15(2)30-22)21(28)25-29-3/h4-11H,13H2,1-3H3,(H,25,28). The Kier molecular flexibility index (Phi) is 6.87. The topological polar surface area (TPSA) is 86.1 Å². The largest absolute Gasteiger partial charge is 0.313 e. The van der Waals surface area contributed by atoms with E-state index in [0.717, 1.165) is 16.1 Å². The summed E-state index contributed by atoms with van der Waals surface area (Å²) in [4.78, 5) is 31.5. The number of Topliss-reactive ketones (excluding diaryl/α,β-unsaturated/α-hetero) is 1. The lowest BCUT2D eigenvalue weighted by atomic mass is 10.1. The van der Waals surface area contributed by atoms with Crippen molar-refractivity contribution in [3.8, 4) is 6.07 Å². The van der Waals surface area contributed by atoms with Crippen LogP contribution in [0.25, 0.3) is 0 Å². The molecule has 2 aromatic carbocycles. The summed E-state index contributed by atoms with van der Waals surface area (Å²) in [7, 11) is 0. The molecule has 6 nitrogen and oxygen atoms in total. The van der Waals surface area contributed by atoms with Gasteiger partial charge in [-0.25, -0.2) is 4.98 Å². The van der Waals surface area contributed by atoms with E-state index >= 15 is 0 Å². The molecule has 0 saturated carbocycles. The Morgan fingerprint density at radius 1 is 1.23 bits per heavy atom. The molecular weight excluding hydrogens is 416 g/mol. The van der Waals surface area contributed by atoms with Gasteiger partial charge in [0.25, 0.3) is 5.91 Å². The molecule has 1 N–H and O–H groups in total. The molecule has 0 saturated heterocycles. The highest BCUT2D eigenvalue weighted by Crippen LogP contribution is 2.33. The third kappa shape index (κ3) is 4.87. The Morgan fingerprint density at radius 3 is 2.60 bits per heavy atom. The number of hydrogen-bond acceptors (Lipinski definition) is 7. The summed E-state index contributed by atoms with van der Waals surface area (Å²) in [5, 5.41) is 9.76. The van der Waals surface area contributed by atoms with Crippen LogP contribution >= 0.6 is 23.3 Å². The fourth-order valence-electron chi connectivity index (χ4n) is 2.91. The van der Waals surface area contributed by atoms with Crippen LogP contribution < -0.4 is 9.62 Å². The molecule has 0 aliphatic carbocycles. The average Bonchev–Trinajstić information content (AvgIpc) is 3.14. The SMILES string of the molecule is CSNC(=O)c1nc(N(Cc2cccc(C(C)=O)c2)c2ccc(C#N)cc2)sc1C. The second-order valence-corrected chi connectivity index (χ2v) is 8.33. The first-order valence-corrected chi connectivity index (χ1v) is 11.2. The number of anilines is 2. The Morgan fingerprint density at radius 2 is 1.97 bits per heavy atom.